The quantitative estimate of drug-likeness (QED) is 0.888. The molecule has 1 heterocycles. The van der Waals surface area contributed by atoms with Gasteiger partial charge >= 0.3 is 0 Å². The molecule has 0 aliphatic carbocycles. The van der Waals surface area contributed by atoms with Crippen LogP contribution >= 0.6 is 0 Å². The second-order valence-corrected chi connectivity index (χ2v) is 5.02. The van der Waals surface area contributed by atoms with Crippen LogP contribution in [-0.2, 0) is 0 Å². The highest BCUT2D eigenvalue weighted by atomic mass is 15.1. The molecule has 0 spiro atoms. The van der Waals surface area contributed by atoms with E-state index < -0.39 is 0 Å². The van der Waals surface area contributed by atoms with Gasteiger partial charge in [0.25, 0.3) is 0 Å². The van der Waals surface area contributed by atoms with E-state index in [1.54, 1.807) is 0 Å². The summed E-state index contributed by atoms with van der Waals surface area (Å²) in [5, 5.41) is 3.30. The molecule has 1 aliphatic heterocycles. The number of benzene rings is 2. The number of hydrogen-bond donors (Lipinski definition) is 1. The van der Waals surface area contributed by atoms with E-state index in [0.717, 1.165) is 0 Å². The monoisotopic (exact) mass is 250 g/mol. The van der Waals surface area contributed by atoms with E-state index in [1.807, 2.05) is 6.34 Å². The molecule has 0 bridgehead atoms. The molecule has 0 fully saturated rings. The molecule has 2 nitrogen and oxygen atoms in total. The molecule has 3 rings (SSSR count). The van der Waals surface area contributed by atoms with Gasteiger partial charge in [-0.05, 0) is 18.1 Å². The van der Waals surface area contributed by atoms with Gasteiger partial charge in [-0.3, -0.25) is 4.99 Å². The lowest BCUT2D eigenvalue weighted by Gasteiger charge is -2.26. The Morgan fingerprint density at radius 2 is 1.42 bits per heavy atom. The fraction of sp³-hybridized carbons (Fsp3) is 0.235. The maximum Gasteiger partial charge on any atom is 0.0831 e. The van der Waals surface area contributed by atoms with E-state index >= 15 is 0 Å². The highest BCUT2D eigenvalue weighted by Crippen LogP contribution is 2.32. The van der Waals surface area contributed by atoms with Crippen molar-refractivity contribution in [3.05, 3.63) is 71.8 Å². The van der Waals surface area contributed by atoms with Gasteiger partial charge in [0, 0.05) is 12.0 Å². The first-order valence-electron chi connectivity index (χ1n) is 6.74. The standard InChI is InChI=1S/C17H18N2/c1-13-17(19-12-18-13)16(14-8-4-2-5-9-14)15-10-6-3-7-11-15/h2-13,16-17H,1H3,(H,18,19). The van der Waals surface area contributed by atoms with Crippen LogP contribution in [0.15, 0.2) is 65.7 Å². The van der Waals surface area contributed by atoms with Gasteiger partial charge in [0.2, 0.25) is 0 Å². The Bertz CT molecular complexity index is 508. The Kier molecular flexibility index (Phi) is 3.32. The molecule has 2 aromatic carbocycles. The molecule has 1 N–H and O–H groups in total. The van der Waals surface area contributed by atoms with Crippen LogP contribution < -0.4 is 5.32 Å². The van der Waals surface area contributed by atoms with Gasteiger partial charge in [-0.1, -0.05) is 60.7 Å². The predicted molar refractivity (Wildman–Crippen MR) is 79.6 cm³/mol. The Morgan fingerprint density at radius 3 is 1.84 bits per heavy atom. The number of nitrogens with zero attached hydrogens (tertiary/aromatic N) is 1. The minimum Gasteiger partial charge on any atom is -0.372 e. The molecule has 2 aromatic rings. The minimum atomic E-state index is 0.254. The SMILES string of the molecule is CC1NC=NC1C(c1ccccc1)c1ccccc1. The first-order valence-corrected chi connectivity index (χ1v) is 6.74. The summed E-state index contributed by atoms with van der Waals surface area (Å²) in [5.74, 6) is 0.309. The third-order valence-corrected chi connectivity index (χ3v) is 3.76. The maximum atomic E-state index is 4.63. The third kappa shape index (κ3) is 2.39. The summed E-state index contributed by atoms with van der Waals surface area (Å²) in [4.78, 5) is 4.63. The van der Waals surface area contributed by atoms with Crippen molar-refractivity contribution in [2.75, 3.05) is 0 Å². The van der Waals surface area contributed by atoms with Gasteiger partial charge in [-0.25, -0.2) is 0 Å². The van der Waals surface area contributed by atoms with Crippen molar-refractivity contribution in [1.82, 2.24) is 5.32 Å². The zero-order valence-electron chi connectivity index (χ0n) is 11.0. The summed E-state index contributed by atoms with van der Waals surface area (Å²) >= 11 is 0. The van der Waals surface area contributed by atoms with Crippen LogP contribution in [-0.4, -0.2) is 18.4 Å². The van der Waals surface area contributed by atoms with E-state index in [9.17, 15) is 0 Å². The average molecular weight is 250 g/mol. The average Bonchev–Trinajstić information content (AvgIpc) is 2.88. The Hall–Kier alpha value is -2.09. The van der Waals surface area contributed by atoms with Crippen LogP contribution in [0.3, 0.4) is 0 Å². The zero-order chi connectivity index (χ0) is 13.1. The van der Waals surface area contributed by atoms with Crippen LogP contribution in [0.2, 0.25) is 0 Å². The molecule has 96 valence electrons. The van der Waals surface area contributed by atoms with E-state index in [2.05, 4.69) is 77.9 Å². The van der Waals surface area contributed by atoms with E-state index in [0.29, 0.717) is 12.0 Å². The summed E-state index contributed by atoms with van der Waals surface area (Å²) in [6.45, 7) is 2.19. The number of hydrogen-bond acceptors (Lipinski definition) is 2. The molecule has 19 heavy (non-hydrogen) atoms. The number of aliphatic imine (C=N–C) groups is 1. The highest BCUT2D eigenvalue weighted by molar-refractivity contribution is 5.59. The van der Waals surface area contributed by atoms with Crippen LogP contribution in [0.25, 0.3) is 0 Å². The molecular formula is C17H18N2. The fourth-order valence-corrected chi connectivity index (χ4v) is 2.76. The summed E-state index contributed by atoms with van der Waals surface area (Å²) in [6.07, 6.45) is 1.84. The zero-order valence-corrected chi connectivity index (χ0v) is 11.0. The Morgan fingerprint density at radius 1 is 0.895 bits per heavy atom. The Balaban J connectivity index is 2.04. The van der Waals surface area contributed by atoms with E-state index in [1.165, 1.54) is 11.1 Å². The van der Waals surface area contributed by atoms with E-state index in [4.69, 9.17) is 0 Å². The summed E-state index contributed by atoms with van der Waals surface area (Å²) in [6, 6.07) is 21.9. The molecule has 0 amide bonds. The Labute approximate surface area is 114 Å². The molecule has 0 saturated carbocycles. The van der Waals surface area contributed by atoms with Crippen molar-refractivity contribution in [2.24, 2.45) is 4.99 Å². The molecule has 0 aromatic heterocycles. The van der Waals surface area contributed by atoms with Gasteiger partial charge in [-0.2, -0.15) is 0 Å². The molecular weight excluding hydrogens is 232 g/mol. The molecule has 2 unspecified atom stereocenters. The maximum absolute atomic E-state index is 4.63. The van der Waals surface area contributed by atoms with Gasteiger partial charge in [0.15, 0.2) is 0 Å². The van der Waals surface area contributed by atoms with E-state index in [-0.39, 0.29) is 6.04 Å². The van der Waals surface area contributed by atoms with Crippen molar-refractivity contribution in [2.45, 2.75) is 24.9 Å². The van der Waals surface area contributed by atoms with Crippen LogP contribution in [0.1, 0.15) is 24.0 Å². The lowest BCUT2D eigenvalue weighted by molar-refractivity contribution is 0.513. The number of rotatable bonds is 3. The lowest BCUT2D eigenvalue weighted by Crippen LogP contribution is -2.33. The largest absolute Gasteiger partial charge is 0.372 e. The minimum absolute atomic E-state index is 0.254. The smallest absolute Gasteiger partial charge is 0.0831 e. The summed E-state index contributed by atoms with van der Waals surface area (Å²) < 4.78 is 0. The van der Waals surface area contributed by atoms with Crippen LogP contribution in [0.5, 0.6) is 0 Å². The van der Waals surface area contributed by atoms with Crippen molar-refractivity contribution in [1.29, 1.82) is 0 Å². The van der Waals surface area contributed by atoms with Crippen molar-refractivity contribution in [3.8, 4) is 0 Å². The predicted octanol–water partition coefficient (Wildman–Crippen LogP) is 3.21. The molecule has 2 heteroatoms. The van der Waals surface area contributed by atoms with Crippen molar-refractivity contribution >= 4 is 6.34 Å². The topological polar surface area (TPSA) is 24.4 Å². The first-order chi connectivity index (χ1) is 9.36. The number of nitrogens with one attached hydrogen (secondary N) is 1. The highest BCUT2D eigenvalue weighted by Gasteiger charge is 2.30. The second kappa shape index (κ2) is 5.27. The molecule has 1 aliphatic rings. The van der Waals surface area contributed by atoms with Gasteiger partial charge in [0.05, 0.1) is 12.4 Å². The van der Waals surface area contributed by atoms with Gasteiger partial charge in [-0.15, -0.1) is 0 Å². The lowest BCUT2D eigenvalue weighted by atomic mass is 9.83. The van der Waals surface area contributed by atoms with Crippen LogP contribution in [0, 0.1) is 0 Å². The first kappa shape index (κ1) is 12.0. The van der Waals surface area contributed by atoms with Crippen molar-refractivity contribution in [3.63, 3.8) is 0 Å². The van der Waals surface area contributed by atoms with Crippen molar-refractivity contribution < 1.29 is 0 Å². The van der Waals surface area contributed by atoms with Gasteiger partial charge in [0.1, 0.15) is 0 Å². The van der Waals surface area contributed by atoms with Crippen LogP contribution in [0.4, 0.5) is 0 Å². The summed E-state index contributed by atoms with van der Waals surface area (Å²) in [7, 11) is 0. The third-order valence-electron chi connectivity index (χ3n) is 3.76. The van der Waals surface area contributed by atoms with Gasteiger partial charge < -0.3 is 5.32 Å². The normalized spacial score (nSPS) is 21.6. The second-order valence-electron chi connectivity index (χ2n) is 5.02. The fourth-order valence-electron chi connectivity index (χ4n) is 2.76. The summed E-state index contributed by atoms with van der Waals surface area (Å²) in [5.41, 5.74) is 2.65. The molecule has 0 saturated heterocycles. The molecule has 2 atom stereocenters. The molecule has 0 radical (unpaired) electrons.